The molecule has 0 heterocycles. The second-order valence-corrected chi connectivity index (χ2v) is 5.41. The SMILES string of the molecule is COc1ccc(CN(CC(C)C)C(C)C)c(O)c1. The Morgan fingerprint density at radius 2 is 1.89 bits per heavy atom. The van der Waals surface area contributed by atoms with Gasteiger partial charge in [-0.25, -0.2) is 0 Å². The third-order valence-electron chi connectivity index (χ3n) is 3.00. The summed E-state index contributed by atoms with van der Waals surface area (Å²) in [7, 11) is 1.60. The first-order valence-electron chi connectivity index (χ1n) is 6.54. The van der Waals surface area contributed by atoms with Gasteiger partial charge in [-0.1, -0.05) is 19.9 Å². The molecule has 3 heteroatoms. The van der Waals surface area contributed by atoms with Crippen LogP contribution in [0, 0.1) is 5.92 Å². The van der Waals surface area contributed by atoms with Gasteiger partial charge in [-0.3, -0.25) is 4.90 Å². The molecule has 1 rings (SSSR count). The largest absolute Gasteiger partial charge is 0.507 e. The monoisotopic (exact) mass is 251 g/mol. The van der Waals surface area contributed by atoms with E-state index in [1.807, 2.05) is 12.1 Å². The van der Waals surface area contributed by atoms with Crippen LogP contribution in [0.2, 0.25) is 0 Å². The van der Waals surface area contributed by atoms with E-state index in [-0.39, 0.29) is 0 Å². The Morgan fingerprint density at radius 1 is 1.22 bits per heavy atom. The standard InChI is InChI=1S/C15H25NO2/c1-11(2)9-16(12(3)4)10-13-6-7-14(18-5)8-15(13)17/h6-8,11-12,17H,9-10H2,1-5H3. The molecule has 0 aromatic heterocycles. The summed E-state index contributed by atoms with van der Waals surface area (Å²) in [4.78, 5) is 2.37. The molecule has 3 nitrogen and oxygen atoms in total. The van der Waals surface area contributed by atoms with E-state index in [0.29, 0.717) is 23.5 Å². The Kier molecular flexibility index (Phi) is 5.48. The number of aromatic hydroxyl groups is 1. The van der Waals surface area contributed by atoms with Crippen molar-refractivity contribution in [2.75, 3.05) is 13.7 Å². The van der Waals surface area contributed by atoms with Gasteiger partial charge in [-0.05, 0) is 25.8 Å². The maximum Gasteiger partial charge on any atom is 0.123 e. The van der Waals surface area contributed by atoms with Crippen LogP contribution in [0.25, 0.3) is 0 Å². The van der Waals surface area contributed by atoms with Crippen molar-refractivity contribution in [3.63, 3.8) is 0 Å². The van der Waals surface area contributed by atoms with Gasteiger partial charge in [-0.15, -0.1) is 0 Å². The molecule has 0 unspecified atom stereocenters. The first-order valence-corrected chi connectivity index (χ1v) is 6.54. The van der Waals surface area contributed by atoms with Crippen molar-refractivity contribution in [3.05, 3.63) is 23.8 Å². The zero-order chi connectivity index (χ0) is 13.7. The number of hydrogen-bond acceptors (Lipinski definition) is 3. The summed E-state index contributed by atoms with van der Waals surface area (Å²) >= 11 is 0. The smallest absolute Gasteiger partial charge is 0.123 e. The van der Waals surface area contributed by atoms with E-state index in [2.05, 4.69) is 32.6 Å². The third-order valence-corrected chi connectivity index (χ3v) is 3.00. The first kappa shape index (κ1) is 14.8. The van der Waals surface area contributed by atoms with E-state index in [1.54, 1.807) is 13.2 Å². The van der Waals surface area contributed by atoms with E-state index >= 15 is 0 Å². The molecule has 102 valence electrons. The lowest BCUT2D eigenvalue weighted by Gasteiger charge is -2.28. The average molecular weight is 251 g/mol. The lowest BCUT2D eigenvalue weighted by molar-refractivity contribution is 0.187. The molecule has 0 aliphatic rings. The van der Waals surface area contributed by atoms with Crippen molar-refractivity contribution in [3.8, 4) is 11.5 Å². The number of phenolic OH excluding ortho intramolecular Hbond substituents is 1. The molecular weight excluding hydrogens is 226 g/mol. The van der Waals surface area contributed by atoms with E-state index in [4.69, 9.17) is 4.74 Å². The Bertz CT molecular complexity index is 375. The normalized spacial score (nSPS) is 11.6. The Morgan fingerprint density at radius 3 is 2.33 bits per heavy atom. The van der Waals surface area contributed by atoms with Crippen LogP contribution in [0.15, 0.2) is 18.2 Å². The van der Waals surface area contributed by atoms with Gasteiger partial charge >= 0.3 is 0 Å². The summed E-state index contributed by atoms with van der Waals surface area (Å²) in [5, 5.41) is 9.98. The fourth-order valence-corrected chi connectivity index (χ4v) is 1.95. The van der Waals surface area contributed by atoms with E-state index in [9.17, 15) is 5.11 Å². The number of benzene rings is 1. The molecule has 0 saturated heterocycles. The molecule has 0 fully saturated rings. The van der Waals surface area contributed by atoms with Gasteiger partial charge in [0.05, 0.1) is 7.11 Å². The predicted molar refractivity (Wildman–Crippen MR) is 75.0 cm³/mol. The minimum Gasteiger partial charge on any atom is -0.507 e. The molecule has 0 spiro atoms. The molecular formula is C15H25NO2. The minimum absolute atomic E-state index is 0.309. The highest BCUT2D eigenvalue weighted by atomic mass is 16.5. The Hall–Kier alpha value is -1.22. The van der Waals surface area contributed by atoms with Gasteiger partial charge in [-0.2, -0.15) is 0 Å². The molecule has 18 heavy (non-hydrogen) atoms. The van der Waals surface area contributed by atoms with Crippen molar-refractivity contribution in [1.82, 2.24) is 4.90 Å². The fraction of sp³-hybridized carbons (Fsp3) is 0.600. The van der Waals surface area contributed by atoms with Crippen LogP contribution in [0.4, 0.5) is 0 Å². The van der Waals surface area contributed by atoms with Crippen molar-refractivity contribution < 1.29 is 9.84 Å². The molecule has 0 radical (unpaired) electrons. The van der Waals surface area contributed by atoms with E-state index in [1.165, 1.54) is 0 Å². The van der Waals surface area contributed by atoms with Crippen molar-refractivity contribution in [2.24, 2.45) is 5.92 Å². The lowest BCUT2D eigenvalue weighted by Crippen LogP contribution is -2.33. The van der Waals surface area contributed by atoms with Crippen LogP contribution in [0.3, 0.4) is 0 Å². The highest BCUT2D eigenvalue weighted by Gasteiger charge is 2.14. The number of hydrogen-bond donors (Lipinski definition) is 1. The molecule has 0 aliphatic heterocycles. The highest BCUT2D eigenvalue weighted by Crippen LogP contribution is 2.25. The van der Waals surface area contributed by atoms with E-state index in [0.717, 1.165) is 18.7 Å². The quantitative estimate of drug-likeness (QED) is 0.842. The second-order valence-electron chi connectivity index (χ2n) is 5.41. The minimum atomic E-state index is 0.309. The van der Waals surface area contributed by atoms with Gasteiger partial charge < -0.3 is 9.84 Å². The number of rotatable bonds is 6. The summed E-state index contributed by atoms with van der Waals surface area (Å²) in [6.45, 7) is 10.6. The van der Waals surface area contributed by atoms with Gasteiger partial charge in [0, 0.05) is 30.8 Å². The van der Waals surface area contributed by atoms with Crippen LogP contribution in [-0.2, 0) is 6.54 Å². The Labute approximate surface area is 110 Å². The average Bonchev–Trinajstić information content (AvgIpc) is 2.29. The fourth-order valence-electron chi connectivity index (χ4n) is 1.95. The maximum atomic E-state index is 9.98. The molecule has 0 bridgehead atoms. The zero-order valence-electron chi connectivity index (χ0n) is 12.1. The molecule has 1 aromatic carbocycles. The third kappa shape index (κ3) is 4.22. The number of nitrogens with zero attached hydrogens (tertiary/aromatic N) is 1. The maximum absolute atomic E-state index is 9.98. The van der Waals surface area contributed by atoms with Gasteiger partial charge in [0.15, 0.2) is 0 Å². The Balaban J connectivity index is 2.80. The molecule has 0 amide bonds. The summed E-state index contributed by atoms with van der Waals surface area (Å²) in [5.41, 5.74) is 0.949. The molecule has 0 saturated carbocycles. The molecule has 1 aromatic rings. The first-order chi connectivity index (χ1) is 8.43. The summed E-state index contributed by atoms with van der Waals surface area (Å²) in [6.07, 6.45) is 0. The van der Waals surface area contributed by atoms with Gasteiger partial charge in [0.2, 0.25) is 0 Å². The van der Waals surface area contributed by atoms with Crippen molar-refractivity contribution >= 4 is 0 Å². The van der Waals surface area contributed by atoms with Crippen molar-refractivity contribution in [1.29, 1.82) is 0 Å². The number of phenols is 1. The zero-order valence-corrected chi connectivity index (χ0v) is 12.1. The van der Waals surface area contributed by atoms with Crippen LogP contribution < -0.4 is 4.74 Å². The molecule has 0 atom stereocenters. The van der Waals surface area contributed by atoms with Crippen LogP contribution in [0.5, 0.6) is 11.5 Å². The van der Waals surface area contributed by atoms with Crippen LogP contribution in [0.1, 0.15) is 33.3 Å². The summed E-state index contributed by atoms with van der Waals surface area (Å²) in [6, 6.07) is 5.96. The van der Waals surface area contributed by atoms with Crippen molar-refractivity contribution in [2.45, 2.75) is 40.3 Å². The van der Waals surface area contributed by atoms with Crippen LogP contribution in [-0.4, -0.2) is 29.7 Å². The number of methoxy groups -OCH3 is 1. The van der Waals surface area contributed by atoms with Gasteiger partial charge in [0.1, 0.15) is 11.5 Å². The van der Waals surface area contributed by atoms with Gasteiger partial charge in [0.25, 0.3) is 0 Å². The van der Waals surface area contributed by atoms with E-state index < -0.39 is 0 Å². The highest BCUT2D eigenvalue weighted by molar-refractivity contribution is 5.39. The predicted octanol–water partition coefficient (Wildman–Crippen LogP) is 3.27. The topological polar surface area (TPSA) is 32.7 Å². The number of ether oxygens (including phenoxy) is 1. The molecule has 1 N–H and O–H groups in total. The lowest BCUT2D eigenvalue weighted by atomic mass is 10.1. The molecule has 0 aliphatic carbocycles. The summed E-state index contributed by atoms with van der Waals surface area (Å²) in [5.74, 6) is 1.62. The van der Waals surface area contributed by atoms with Crippen LogP contribution >= 0.6 is 0 Å². The summed E-state index contributed by atoms with van der Waals surface area (Å²) < 4.78 is 5.09. The second kappa shape index (κ2) is 6.64.